The Morgan fingerprint density at radius 3 is 2.65 bits per heavy atom. The molecule has 112 valence electrons. The molecule has 1 heterocycles. The monoisotopic (exact) mass is 298 g/mol. The number of nitrogens with one attached hydrogen (secondary N) is 2. The van der Waals surface area contributed by atoms with E-state index in [9.17, 15) is 4.79 Å². The number of amides is 1. The number of hydrogen-bond acceptors (Lipinski definition) is 3. The van der Waals surface area contributed by atoms with E-state index in [0.29, 0.717) is 18.9 Å². The Morgan fingerprint density at radius 1 is 1.40 bits per heavy atom. The second-order valence-corrected chi connectivity index (χ2v) is 5.25. The largest absolute Gasteiger partial charge is 0.378 e. The van der Waals surface area contributed by atoms with Crippen molar-refractivity contribution in [2.45, 2.75) is 32.2 Å². The Bertz CT molecular complexity index is 414. The van der Waals surface area contributed by atoms with Crippen molar-refractivity contribution in [1.82, 2.24) is 5.32 Å². The summed E-state index contributed by atoms with van der Waals surface area (Å²) >= 11 is 0. The summed E-state index contributed by atoms with van der Waals surface area (Å²) in [4.78, 5) is 11.9. The van der Waals surface area contributed by atoms with E-state index < -0.39 is 0 Å². The standard InChI is InChI=1S/C15H22N2O2.ClH/c1-11(2)12-3-5-13(6-4-12)17-15(18)9-14-10-19-8-7-16-14;/h3-6,11,14,16H,7-10H2,1-2H3,(H,17,18);1H. The highest BCUT2D eigenvalue weighted by Crippen LogP contribution is 2.17. The molecular formula is C15H23ClN2O2. The number of halogens is 1. The number of ether oxygens (including phenoxy) is 1. The van der Waals surface area contributed by atoms with Gasteiger partial charge in [0.25, 0.3) is 0 Å². The van der Waals surface area contributed by atoms with E-state index in [2.05, 4.69) is 36.6 Å². The maximum atomic E-state index is 11.9. The quantitative estimate of drug-likeness (QED) is 0.898. The fraction of sp³-hybridized carbons (Fsp3) is 0.533. The molecule has 2 N–H and O–H groups in total. The van der Waals surface area contributed by atoms with Crippen LogP contribution < -0.4 is 10.6 Å². The van der Waals surface area contributed by atoms with Crippen molar-refractivity contribution in [1.29, 1.82) is 0 Å². The molecule has 1 saturated heterocycles. The van der Waals surface area contributed by atoms with Crippen molar-refractivity contribution in [3.8, 4) is 0 Å². The topological polar surface area (TPSA) is 50.4 Å². The zero-order chi connectivity index (χ0) is 13.7. The fourth-order valence-electron chi connectivity index (χ4n) is 2.14. The first-order valence-corrected chi connectivity index (χ1v) is 6.86. The SMILES string of the molecule is CC(C)c1ccc(NC(=O)CC2COCCN2)cc1.Cl. The van der Waals surface area contributed by atoms with Crippen LogP contribution >= 0.6 is 12.4 Å². The summed E-state index contributed by atoms with van der Waals surface area (Å²) in [5, 5.41) is 6.19. The summed E-state index contributed by atoms with van der Waals surface area (Å²) in [6.45, 7) is 6.47. The van der Waals surface area contributed by atoms with E-state index in [1.807, 2.05) is 12.1 Å². The van der Waals surface area contributed by atoms with Crippen molar-refractivity contribution in [2.75, 3.05) is 25.1 Å². The van der Waals surface area contributed by atoms with Gasteiger partial charge >= 0.3 is 0 Å². The van der Waals surface area contributed by atoms with Crippen molar-refractivity contribution in [3.05, 3.63) is 29.8 Å². The van der Waals surface area contributed by atoms with Crippen LogP contribution in [-0.2, 0) is 9.53 Å². The lowest BCUT2D eigenvalue weighted by Crippen LogP contribution is -2.43. The lowest BCUT2D eigenvalue weighted by Gasteiger charge is -2.23. The van der Waals surface area contributed by atoms with Crippen LogP contribution in [0.4, 0.5) is 5.69 Å². The van der Waals surface area contributed by atoms with Gasteiger partial charge in [-0.1, -0.05) is 26.0 Å². The molecule has 2 rings (SSSR count). The van der Waals surface area contributed by atoms with E-state index in [-0.39, 0.29) is 24.4 Å². The maximum absolute atomic E-state index is 11.9. The number of rotatable bonds is 4. The summed E-state index contributed by atoms with van der Waals surface area (Å²) < 4.78 is 5.33. The maximum Gasteiger partial charge on any atom is 0.226 e. The second kappa shape index (κ2) is 8.25. The van der Waals surface area contributed by atoms with Crippen LogP contribution in [0.5, 0.6) is 0 Å². The minimum absolute atomic E-state index is 0. The Balaban J connectivity index is 0.00000200. The summed E-state index contributed by atoms with van der Waals surface area (Å²) in [6, 6.07) is 8.16. The Labute approximate surface area is 126 Å². The van der Waals surface area contributed by atoms with Gasteiger partial charge in [-0.25, -0.2) is 0 Å². The average molecular weight is 299 g/mol. The first-order chi connectivity index (χ1) is 9.15. The highest BCUT2D eigenvalue weighted by atomic mass is 35.5. The van der Waals surface area contributed by atoms with Crippen LogP contribution in [0.1, 0.15) is 31.7 Å². The molecule has 0 radical (unpaired) electrons. The molecule has 1 amide bonds. The average Bonchev–Trinajstić information content (AvgIpc) is 2.40. The van der Waals surface area contributed by atoms with Crippen molar-refractivity contribution in [3.63, 3.8) is 0 Å². The van der Waals surface area contributed by atoms with Gasteiger partial charge in [-0.05, 0) is 23.6 Å². The minimum Gasteiger partial charge on any atom is -0.378 e. The minimum atomic E-state index is 0. The number of morpholine rings is 1. The molecule has 0 spiro atoms. The zero-order valence-corrected chi connectivity index (χ0v) is 12.8. The molecule has 5 heteroatoms. The van der Waals surface area contributed by atoms with Crippen LogP contribution in [0.15, 0.2) is 24.3 Å². The molecule has 1 aromatic carbocycles. The fourth-order valence-corrected chi connectivity index (χ4v) is 2.14. The molecule has 1 aliphatic heterocycles. The second-order valence-electron chi connectivity index (χ2n) is 5.25. The van der Waals surface area contributed by atoms with E-state index in [4.69, 9.17) is 4.74 Å². The third kappa shape index (κ3) is 5.12. The summed E-state index contributed by atoms with van der Waals surface area (Å²) in [6.07, 6.45) is 0.450. The van der Waals surface area contributed by atoms with E-state index in [0.717, 1.165) is 18.8 Å². The number of benzene rings is 1. The lowest BCUT2D eigenvalue weighted by molar-refractivity contribution is -0.117. The molecule has 1 atom stereocenters. The van der Waals surface area contributed by atoms with Gasteiger partial charge in [-0.15, -0.1) is 12.4 Å². The van der Waals surface area contributed by atoms with Crippen LogP contribution in [-0.4, -0.2) is 31.7 Å². The number of carbonyl (C=O) groups excluding carboxylic acids is 1. The lowest BCUT2D eigenvalue weighted by atomic mass is 10.0. The van der Waals surface area contributed by atoms with E-state index >= 15 is 0 Å². The highest BCUT2D eigenvalue weighted by Gasteiger charge is 2.16. The zero-order valence-electron chi connectivity index (χ0n) is 12.0. The van der Waals surface area contributed by atoms with Gasteiger partial charge in [-0.2, -0.15) is 0 Å². The van der Waals surface area contributed by atoms with Crippen molar-refractivity contribution in [2.24, 2.45) is 0 Å². The first-order valence-electron chi connectivity index (χ1n) is 6.86. The Hall–Kier alpha value is -1.10. The van der Waals surface area contributed by atoms with Gasteiger partial charge in [0.15, 0.2) is 0 Å². The summed E-state index contributed by atoms with van der Waals surface area (Å²) in [5.41, 5.74) is 2.13. The Morgan fingerprint density at radius 2 is 2.10 bits per heavy atom. The molecule has 1 aromatic rings. The molecule has 1 unspecified atom stereocenters. The number of hydrogen-bond donors (Lipinski definition) is 2. The predicted molar refractivity (Wildman–Crippen MR) is 83.6 cm³/mol. The molecule has 0 aromatic heterocycles. The molecule has 0 bridgehead atoms. The van der Waals surface area contributed by atoms with E-state index in [1.54, 1.807) is 0 Å². The van der Waals surface area contributed by atoms with Crippen LogP contribution in [0.25, 0.3) is 0 Å². The molecular weight excluding hydrogens is 276 g/mol. The smallest absolute Gasteiger partial charge is 0.226 e. The predicted octanol–water partition coefficient (Wildman–Crippen LogP) is 2.55. The molecule has 20 heavy (non-hydrogen) atoms. The van der Waals surface area contributed by atoms with Crippen LogP contribution in [0.3, 0.4) is 0 Å². The molecule has 1 aliphatic rings. The van der Waals surface area contributed by atoms with Crippen molar-refractivity contribution >= 4 is 24.0 Å². The normalized spacial score (nSPS) is 18.4. The Kier molecular flexibility index (Phi) is 6.99. The molecule has 1 fully saturated rings. The molecule has 0 saturated carbocycles. The highest BCUT2D eigenvalue weighted by molar-refractivity contribution is 5.91. The van der Waals surface area contributed by atoms with Gasteiger partial charge in [-0.3, -0.25) is 4.79 Å². The number of carbonyl (C=O) groups is 1. The van der Waals surface area contributed by atoms with Gasteiger partial charge in [0.1, 0.15) is 0 Å². The van der Waals surface area contributed by atoms with Gasteiger partial charge in [0.05, 0.1) is 13.2 Å². The van der Waals surface area contributed by atoms with Crippen molar-refractivity contribution < 1.29 is 9.53 Å². The van der Waals surface area contributed by atoms with E-state index in [1.165, 1.54) is 5.56 Å². The molecule has 4 nitrogen and oxygen atoms in total. The van der Waals surface area contributed by atoms with Gasteiger partial charge in [0.2, 0.25) is 5.91 Å². The third-order valence-electron chi connectivity index (χ3n) is 3.29. The molecule has 0 aliphatic carbocycles. The van der Waals surface area contributed by atoms with Crippen LogP contribution in [0, 0.1) is 0 Å². The van der Waals surface area contributed by atoms with Gasteiger partial charge in [0, 0.05) is 24.7 Å². The third-order valence-corrected chi connectivity index (χ3v) is 3.29. The first kappa shape index (κ1) is 17.0. The van der Waals surface area contributed by atoms with Gasteiger partial charge < -0.3 is 15.4 Å². The summed E-state index contributed by atoms with van der Waals surface area (Å²) in [7, 11) is 0. The van der Waals surface area contributed by atoms with Crippen LogP contribution in [0.2, 0.25) is 0 Å². The summed E-state index contributed by atoms with van der Waals surface area (Å²) in [5.74, 6) is 0.536. The number of anilines is 1.